The van der Waals surface area contributed by atoms with Crippen LogP contribution in [-0.2, 0) is 0 Å². The van der Waals surface area contributed by atoms with Crippen molar-refractivity contribution in [3.63, 3.8) is 0 Å². The smallest absolute Gasteiger partial charge is 0.195 e. The van der Waals surface area contributed by atoms with E-state index in [4.69, 9.17) is 14.5 Å². The van der Waals surface area contributed by atoms with Crippen molar-refractivity contribution in [1.29, 1.82) is 0 Å². The number of nitrogens with one attached hydrogen (secondary N) is 2. The molecule has 2 aliphatic rings. The Bertz CT molecular complexity index is 868. The number of thioether (sulfide) groups is 1. The van der Waals surface area contributed by atoms with Crippen molar-refractivity contribution in [2.45, 2.75) is 17.7 Å². The van der Waals surface area contributed by atoms with Gasteiger partial charge < -0.3 is 25.0 Å². The molecule has 1 unspecified atom stereocenters. The number of ether oxygens (including phenoxy) is 2. The minimum Gasteiger partial charge on any atom is -0.490 e. The van der Waals surface area contributed by atoms with Gasteiger partial charge in [-0.05, 0) is 50.2 Å². The van der Waals surface area contributed by atoms with Crippen LogP contribution in [0.3, 0.4) is 0 Å². The quantitative estimate of drug-likeness (QED) is 0.168. The number of likely N-dealkylation sites (tertiary alicyclic amines) is 1. The summed E-state index contributed by atoms with van der Waals surface area (Å²) < 4.78 is 11.6. The maximum atomic E-state index is 5.84. The Labute approximate surface area is 212 Å². The summed E-state index contributed by atoms with van der Waals surface area (Å²) >= 11 is 1.84. The van der Waals surface area contributed by atoms with E-state index in [0.717, 1.165) is 61.5 Å². The average molecular weight is 569 g/mol. The van der Waals surface area contributed by atoms with Gasteiger partial charge in [0.25, 0.3) is 0 Å². The standard InChI is InChI=1S/C24H32N4O2S.HI/c1-28-12-10-19(18-28)17-26-24(25-11-15-31-21-6-3-2-4-7-21)27-20-8-9-22-23(16-20)30-14-5-13-29-22;/h2-4,6-9,16,19H,5,10-15,17-18H2,1H3,(H2,25,26,27);1H. The number of nitrogens with zero attached hydrogens (tertiary/aromatic N) is 2. The highest BCUT2D eigenvalue weighted by molar-refractivity contribution is 14.0. The van der Waals surface area contributed by atoms with Crippen molar-refractivity contribution in [2.24, 2.45) is 10.9 Å². The largest absolute Gasteiger partial charge is 0.490 e. The molecule has 6 nitrogen and oxygen atoms in total. The Morgan fingerprint density at radius 2 is 1.94 bits per heavy atom. The van der Waals surface area contributed by atoms with Crippen molar-refractivity contribution >= 4 is 47.4 Å². The normalized spacial score (nSPS) is 18.5. The molecule has 0 amide bonds. The molecular formula is C24H33IN4O2S. The number of guanidine groups is 1. The molecule has 2 aliphatic heterocycles. The number of hydrogen-bond donors (Lipinski definition) is 2. The first-order valence-electron chi connectivity index (χ1n) is 11.1. The summed E-state index contributed by atoms with van der Waals surface area (Å²) in [6.45, 7) is 5.32. The predicted octanol–water partition coefficient (Wildman–Crippen LogP) is 4.57. The molecule has 0 bridgehead atoms. The van der Waals surface area contributed by atoms with Gasteiger partial charge in [0.05, 0.1) is 13.2 Å². The van der Waals surface area contributed by atoms with Crippen LogP contribution >= 0.6 is 35.7 Å². The molecule has 4 rings (SSSR count). The van der Waals surface area contributed by atoms with Crippen LogP contribution in [0.1, 0.15) is 12.8 Å². The molecule has 0 radical (unpaired) electrons. The summed E-state index contributed by atoms with van der Waals surface area (Å²) in [5.74, 6) is 4.00. The molecule has 0 aromatic heterocycles. The maximum Gasteiger partial charge on any atom is 0.195 e. The van der Waals surface area contributed by atoms with Gasteiger partial charge in [0.15, 0.2) is 17.5 Å². The summed E-state index contributed by atoms with van der Waals surface area (Å²) in [4.78, 5) is 8.56. The Morgan fingerprint density at radius 3 is 2.72 bits per heavy atom. The summed E-state index contributed by atoms with van der Waals surface area (Å²) in [5, 5.41) is 6.96. The monoisotopic (exact) mass is 568 g/mol. The molecule has 32 heavy (non-hydrogen) atoms. The third-order valence-electron chi connectivity index (χ3n) is 5.41. The van der Waals surface area contributed by atoms with Crippen LogP contribution in [0.5, 0.6) is 11.5 Å². The van der Waals surface area contributed by atoms with Crippen LogP contribution in [0.4, 0.5) is 5.69 Å². The van der Waals surface area contributed by atoms with Crippen LogP contribution in [0.2, 0.25) is 0 Å². The second-order valence-corrected chi connectivity index (χ2v) is 9.20. The maximum absolute atomic E-state index is 5.84. The lowest BCUT2D eigenvalue weighted by atomic mass is 10.1. The number of anilines is 1. The molecule has 2 heterocycles. The van der Waals surface area contributed by atoms with Crippen LogP contribution in [0.25, 0.3) is 0 Å². The van der Waals surface area contributed by atoms with E-state index in [1.807, 2.05) is 36.0 Å². The molecule has 0 aliphatic carbocycles. The second-order valence-electron chi connectivity index (χ2n) is 8.03. The van der Waals surface area contributed by atoms with Gasteiger partial charge in [-0.25, -0.2) is 0 Å². The zero-order valence-corrected chi connectivity index (χ0v) is 21.7. The average Bonchev–Trinajstić information content (AvgIpc) is 3.07. The van der Waals surface area contributed by atoms with Crippen molar-refractivity contribution < 1.29 is 9.47 Å². The van der Waals surface area contributed by atoms with E-state index in [-0.39, 0.29) is 24.0 Å². The van der Waals surface area contributed by atoms with Gasteiger partial charge in [-0.1, -0.05) is 18.2 Å². The van der Waals surface area contributed by atoms with Gasteiger partial charge in [0.1, 0.15) is 0 Å². The highest BCUT2D eigenvalue weighted by Gasteiger charge is 2.19. The van der Waals surface area contributed by atoms with E-state index >= 15 is 0 Å². The first kappa shape index (κ1) is 25.0. The zero-order valence-electron chi connectivity index (χ0n) is 18.6. The van der Waals surface area contributed by atoms with E-state index in [1.54, 1.807) is 0 Å². The molecule has 174 valence electrons. The molecule has 2 aromatic carbocycles. The van der Waals surface area contributed by atoms with Crippen LogP contribution in [0.15, 0.2) is 58.4 Å². The molecular weight excluding hydrogens is 535 g/mol. The van der Waals surface area contributed by atoms with Gasteiger partial charge in [0, 0.05) is 48.5 Å². The van der Waals surface area contributed by atoms with Crippen LogP contribution < -0.4 is 20.1 Å². The van der Waals surface area contributed by atoms with E-state index in [9.17, 15) is 0 Å². The number of benzene rings is 2. The van der Waals surface area contributed by atoms with Gasteiger partial charge in [-0.15, -0.1) is 35.7 Å². The fourth-order valence-corrected chi connectivity index (χ4v) is 4.56. The lowest BCUT2D eigenvalue weighted by molar-refractivity contribution is 0.297. The van der Waals surface area contributed by atoms with Crippen LogP contribution in [-0.4, -0.2) is 63.1 Å². The number of rotatable bonds is 7. The first-order valence-corrected chi connectivity index (χ1v) is 12.1. The predicted molar refractivity (Wildman–Crippen MR) is 144 cm³/mol. The number of hydrogen-bond acceptors (Lipinski definition) is 5. The Kier molecular flexibility index (Phi) is 10.3. The molecule has 2 N–H and O–H groups in total. The SMILES string of the molecule is CN1CCC(CN=C(NCCSc2ccccc2)Nc2ccc3c(c2)OCCCO3)C1.I. The Balaban J connectivity index is 0.00000289. The summed E-state index contributed by atoms with van der Waals surface area (Å²) in [6.07, 6.45) is 2.11. The molecule has 0 spiro atoms. The van der Waals surface area contributed by atoms with Gasteiger partial charge in [0.2, 0.25) is 0 Å². The number of aliphatic imine (C=N–C) groups is 1. The Hall–Kier alpha value is -1.65. The van der Waals surface area contributed by atoms with Gasteiger partial charge in [-0.2, -0.15) is 0 Å². The van der Waals surface area contributed by atoms with Gasteiger partial charge >= 0.3 is 0 Å². The lowest BCUT2D eigenvalue weighted by Gasteiger charge is -2.15. The molecule has 8 heteroatoms. The fourth-order valence-electron chi connectivity index (χ4n) is 3.77. The molecule has 1 atom stereocenters. The Morgan fingerprint density at radius 1 is 1.12 bits per heavy atom. The van der Waals surface area contributed by atoms with E-state index in [2.05, 4.69) is 46.8 Å². The van der Waals surface area contributed by atoms with Crippen molar-refractivity contribution in [1.82, 2.24) is 10.2 Å². The minimum atomic E-state index is 0. The van der Waals surface area contributed by atoms with Gasteiger partial charge in [-0.3, -0.25) is 4.99 Å². The molecule has 0 saturated carbocycles. The fraction of sp³-hybridized carbons (Fsp3) is 0.458. The highest BCUT2D eigenvalue weighted by atomic mass is 127. The van der Waals surface area contributed by atoms with Crippen LogP contribution in [0, 0.1) is 5.92 Å². The number of fused-ring (bicyclic) bond motifs is 1. The van der Waals surface area contributed by atoms with E-state index in [0.29, 0.717) is 19.1 Å². The molecule has 1 saturated heterocycles. The first-order chi connectivity index (χ1) is 15.3. The minimum absolute atomic E-state index is 0. The van der Waals surface area contributed by atoms with E-state index in [1.165, 1.54) is 11.3 Å². The molecule has 2 aromatic rings. The second kappa shape index (κ2) is 13.2. The van der Waals surface area contributed by atoms with Crippen molar-refractivity contribution in [2.75, 3.05) is 57.5 Å². The lowest BCUT2D eigenvalue weighted by Crippen LogP contribution is -2.33. The number of halogens is 1. The summed E-state index contributed by atoms with van der Waals surface area (Å²) in [6, 6.07) is 16.5. The summed E-state index contributed by atoms with van der Waals surface area (Å²) in [5.41, 5.74) is 0.953. The molecule has 1 fully saturated rings. The third kappa shape index (κ3) is 7.74. The topological polar surface area (TPSA) is 58.1 Å². The van der Waals surface area contributed by atoms with E-state index < -0.39 is 0 Å². The highest BCUT2D eigenvalue weighted by Crippen LogP contribution is 2.32. The zero-order chi connectivity index (χ0) is 21.3. The van der Waals surface area contributed by atoms with Crippen molar-refractivity contribution in [3.8, 4) is 11.5 Å². The third-order valence-corrected chi connectivity index (χ3v) is 6.43. The van der Waals surface area contributed by atoms with Crippen molar-refractivity contribution in [3.05, 3.63) is 48.5 Å². The summed E-state index contributed by atoms with van der Waals surface area (Å²) in [7, 11) is 2.18.